The third-order valence-corrected chi connectivity index (χ3v) is 3.90. The topological polar surface area (TPSA) is 93.1 Å². The molecule has 1 amide bonds. The minimum Gasteiger partial charge on any atom is -0.322 e. The number of carbonyl (C=O) groups is 1. The van der Waals surface area contributed by atoms with Gasteiger partial charge in [-0.25, -0.2) is 13.1 Å². The number of rotatable bonds is 5. The maximum atomic E-state index is 12.4. The Hall–Kier alpha value is -3.13. The highest BCUT2D eigenvalue weighted by Gasteiger charge is 2.10. The Morgan fingerprint density at radius 2 is 1.76 bits per heavy atom. The van der Waals surface area contributed by atoms with Crippen LogP contribution >= 0.6 is 0 Å². The normalized spacial score (nSPS) is 11.1. The van der Waals surface area contributed by atoms with Gasteiger partial charge in [-0.1, -0.05) is 24.3 Å². The van der Waals surface area contributed by atoms with Crippen molar-refractivity contribution in [2.75, 3.05) is 16.3 Å². The predicted molar refractivity (Wildman–Crippen MR) is 96.4 cm³/mol. The van der Waals surface area contributed by atoms with Crippen molar-refractivity contribution in [1.82, 2.24) is 9.78 Å². The molecule has 3 aromatic rings. The lowest BCUT2D eigenvalue weighted by atomic mass is 10.2. The van der Waals surface area contributed by atoms with E-state index in [0.29, 0.717) is 16.9 Å². The van der Waals surface area contributed by atoms with Crippen LogP contribution in [0.3, 0.4) is 0 Å². The molecule has 0 bridgehead atoms. The number of hydrogen-bond donors (Lipinski definition) is 2. The average Bonchev–Trinajstić information content (AvgIpc) is 3.04. The maximum Gasteiger partial charge on any atom is 0.258 e. The summed E-state index contributed by atoms with van der Waals surface area (Å²) in [5, 5.41) is 6.90. The first-order valence-electron chi connectivity index (χ1n) is 7.40. The Balaban J connectivity index is 1.75. The molecule has 0 radical (unpaired) electrons. The lowest BCUT2D eigenvalue weighted by molar-refractivity contribution is 0.102. The summed E-state index contributed by atoms with van der Waals surface area (Å²) in [6, 6.07) is 15.9. The second-order valence-electron chi connectivity index (χ2n) is 5.42. The second kappa shape index (κ2) is 6.78. The molecule has 0 fully saturated rings. The molecule has 7 nitrogen and oxygen atoms in total. The van der Waals surface area contributed by atoms with Crippen LogP contribution in [-0.2, 0) is 10.0 Å². The van der Waals surface area contributed by atoms with Gasteiger partial charge in [0, 0.05) is 11.9 Å². The first kappa shape index (κ1) is 16.7. The standard InChI is InChI=1S/C17H16N4O3S/c1-25(23,24)20-15-7-5-6-14(10-15)19-17(22)13-11-18-21(12-13)16-8-3-2-4-9-16/h2-12,20H,1H3,(H,19,22). The fourth-order valence-electron chi connectivity index (χ4n) is 2.24. The molecule has 0 saturated heterocycles. The number of anilines is 2. The highest BCUT2D eigenvalue weighted by Crippen LogP contribution is 2.17. The molecule has 0 atom stereocenters. The minimum absolute atomic E-state index is 0.335. The quantitative estimate of drug-likeness (QED) is 0.734. The third-order valence-electron chi connectivity index (χ3n) is 3.29. The first-order chi connectivity index (χ1) is 11.9. The summed E-state index contributed by atoms with van der Waals surface area (Å²) in [6.45, 7) is 0. The van der Waals surface area contributed by atoms with Crippen LogP contribution in [0.25, 0.3) is 5.69 Å². The molecule has 0 saturated carbocycles. The van der Waals surface area contributed by atoms with Gasteiger partial charge in [0.2, 0.25) is 10.0 Å². The van der Waals surface area contributed by atoms with Crippen LogP contribution in [0.5, 0.6) is 0 Å². The van der Waals surface area contributed by atoms with Gasteiger partial charge in [-0.2, -0.15) is 5.10 Å². The number of aromatic nitrogens is 2. The fraction of sp³-hybridized carbons (Fsp3) is 0.0588. The number of hydrogen-bond acceptors (Lipinski definition) is 4. The van der Waals surface area contributed by atoms with Crippen LogP contribution in [0.2, 0.25) is 0 Å². The molecule has 2 N–H and O–H groups in total. The Kier molecular flexibility index (Phi) is 4.53. The molecule has 8 heteroatoms. The number of amides is 1. The summed E-state index contributed by atoms with van der Waals surface area (Å²) in [5.74, 6) is -0.335. The van der Waals surface area contributed by atoms with Gasteiger partial charge in [0.25, 0.3) is 5.91 Å². The smallest absolute Gasteiger partial charge is 0.258 e. The van der Waals surface area contributed by atoms with Gasteiger partial charge in [-0.05, 0) is 30.3 Å². The van der Waals surface area contributed by atoms with Crippen LogP contribution in [0.1, 0.15) is 10.4 Å². The van der Waals surface area contributed by atoms with E-state index in [-0.39, 0.29) is 5.91 Å². The molecule has 3 rings (SSSR count). The summed E-state index contributed by atoms with van der Waals surface area (Å²) in [7, 11) is -3.38. The van der Waals surface area contributed by atoms with E-state index < -0.39 is 10.0 Å². The van der Waals surface area contributed by atoms with Gasteiger partial charge in [-0.15, -0.1) is 0 Å². The third kappa shape index (κ3) is 4.45. The maximum absolute atomic E-state index is 12.4. The first-order valence-corrected chi connectivity index (χ1v) is 9.29. The van der Waals surface area contributed by atoms with Crippen molar-refractivity contribution in [1.29, 1.82) is 0 Å². The number of nitrogens with zero attached hydrogens (tertiary/aromatic N) is 2. The van der Waals surface area contributed by atoms with Gasteiger partial charge in [0.1, 0.15) is 0 Å². The molecule has 128 valence electrons. The van der Waals surface area contributed by atoms with Crippen molar-refractivity contribution in [2.45, 2.75) is 0 Å². The zero-order chi connectivity index (χ0) is 17.9. The van der Waals surface area contributed by atoms with Crippen LogP contribution in [0.15, 0.2) is 67.0 Å². The number of benzene rings is 2. The summed E-state index contributed by atoms with van der Waals surface area (Å²) >= 11 is 0. The molecule has 2 aromatic carbocycles. The Morgan fingerprint density at radius 1 is 1.04 bits per heavy atom. The summed E-state index contributed by atoms with van der Waals surface area (Å²) < 4.78 is 26.5. The highest BCUT2D eigenvalue weighted by atomic mass is 32.2. The molecular formula is C17H16N4O3S. The molecule has 1 heterocycles. The van der Waals surface area contributed by atoms with E-state index in [4.69, 9.17) is 0 Å². The van der Waals surface area contributed by atoms with Crippen molar-refractivity contribution in [3.63, 3.8) is 0 Å². The fourth-order valence-corrected chi connectivity index (χ4v) is 2.79. The van der Waals surface area contributed by atoms with Crippen molar-refractivity contribution in [3.05, 3.63) is 72.6 Å². The largest absolute Gasteiger partial charge is 0.322 e. The molecule has 0 spiro atoms. The van der Waals surface area contributed by atoms with E-state index in [0.717, 1.165) is 11.9 Å². The van der Waals surface area contributed by atoms with Gasteiger partial charge in [0.15, 0.2) is 0 Å². The van der Waals surface area contributed by atoms with Gasteiger partial charge in [0.05, 0.1) is 29.4 Å². The number of carbonyl (C=O) groups excluding carboxylic acids is 1. The highest BCUT2D eigenvalue weighted by molar-refractivity contribution is 7.92. The molecule has 1 aromatic heterocycles. The molecule has 0 aliphatic rings. The zero-order valence-corrected chi connectivity index (χ0v) is 14.2. The van der Waals surface area contributed by atoms with Crippen LogP contribution < -0.4 is 10.0 Å². The number of para-hydroxylation sites is 1. The summed E-state index contributed by atoms with van der Waals surface area (Å²) in [5.41, 5.74) is 2.10. The number of nitrogens with one attached hydrogen (secondary N) is 2. The summed E-state index contributed by atoms with van der Waals surface area (Å²) in [4.78, 5) is 12.4. The van der Waals surface area contributed by atoms with Crippen molar-refractivity contribution >= 4 is 27.3 Å². The molecule has 0 unspecified atom stereocenters. The van der Waals surface area contributed by atoms with E-state index in [9.17, 15) is 13.2 Å². The van der Waals surface area contributed by atoms with Crippen molar-refractivity contribution in [2.24, 2.45) is 0 Å². The van der Waals surface area contributed by atoms with Gasteiger partial charge < -0.3 is 5.32 Å². The molecule has 25 heavy (non-hydrogen) atoms. The van der Waals surface area contributed by atoms with Gasteiger partial charge in [-0.3, -0.25) is 9.52 Å². The molecule has 0 aliphatic heterocycles. The van der Waals surface area contributed by atoms with Crippen LogP contribution in [0.4, 0.5) is 11.4 Å². The van der Waals surface area contributed by atoms with Gasteiger partial charge >= 0.3 is 0 Å². The van der Waals surface area contributed by atoms with Crippen LogP contribution in [-0.4, -0.2) is 30.4 Å². The number of sulfonamides is 1. The lowest BCUT2D eigenvalue weighted by Crippen LogP contribution is -2.12. The monoisotopic (exact) mass is 356 g/mol. The van der Waals surface area contributed by atoms with E-state index in [1.165, 1.54) is 6.20 Å². The minimum atomic E-state index is -3.38. The van der Waals surface area contributed by atoms with Crippen LogP contribution in [0, 0.1) is 0 Å². The Labute approximate surface area is 145 Å². The van der Waals surface area contributed by atoms with E-state index in [1.54, 1.807) is 35.1 Å². The predicted octanol–water partition coefficient (Wildman–Crippen LogP) is 2.50. The van der Waals surface area contributed by atoms with E-state index >= 15 is 0 Å². The zero-order valence-electron chi connectivity index (χ0n) is 13.4. The molecule has 0 aliphatic carbocycles. The SMILES string of the molecule is CS(=O)(=O)Nc1cccc(NC(=O)c2cnn(-c3ccccc3)c2)c1. The van der Waals surface area contributed by atoms with Crippen molar-refractivity contribution in [3.8, 4) is 5.69 Å². The van der Waals surface area contributed by atoms with E-state index in [2.05, 4.69) is 15.1 Å². The van der Waals surface area contributed by atoms with Crippen molar-refractivity contribution < 1.29 is 13.2 Å². The Bertz CT molecular complexity index is 997. The average molecular weight is 356 g/mol. The summed E-state index contributed by atoms with van der Waals surface area (Å²) in [6.07, 6.45) is 4.17. The van der Waals surface area contributed by atoms with E-state index in [1.807, 2.05) is 30.3 Å². The lowest BCUT2D eigenvalue weighted by Gasteiger charge is -2.07. The Morgan fingerprint density at radius 3 is 2.48 bits per heavy atom. The molecular weight excluding hydrogens is 340 g/mol. The second-order valence-corrected chi connectivity index (χ2v) is 7.17.